The number of fused-ring (bicyclic) bond motifs is 3. The van der Waals surface area contributed by atoms with Crippen molar-refractivity contribution in [3.8, 4) is 0 Å². The summed E-state index contributed by atoms with van der Waals surface area (Å²) in [7, 11) is 4.10. The summed E-state index contributed by atoms with van der Waals surface area (Å²) in [5, 5.41) is 11.4. The monoisotopic (exact) mass is 343 g/mol. The van der Waals surface area contributed by atoms with Crippen LogP contribution in [0.3, 0.4) is 0 Å². The molecule has 2 heterocycles. The molecule has 0 saturated carbocycles. The van der Waals surface area contributed by atoms with Gasteiger partial charge in [0.15, 0.2) is 5.84 Å². The summed E-state index contributed by atoms with van der Waals surface area (Å²) in [6.45, 7) is 1.77. The number of thiophene rings is 1. The smallest absolute Gasteiger partial charge is 0.166 e. The van der Waals surface area contributed by atoms with E-state index in [1.807, 2.05) is 18.2 Å². The lowest BCUT2D eigenvalue weighted by Crippen LogP contribution is -2.32. The fourth-order valence-electron chi connectivity index (χ4n) is 2.58. The van der Waals surface area contributed by atoms with Crippen LogP contribution < -0.4 is 22.4 Å². The summed E-state index contributed by atoms with van der Waals surface area (Å²) in [6.07, 6.45) is 0. The molecule has 0 unspecified atom stereocenters. The molecule has 0 aliphatic heterocycles. The van der Waals surface area contributed by atoms with Gasteiger partial charge in [-0.2, -0.15) is 5.10 Å². The van der Waals surface area contributed by atoms with Crippen molar-refractivity contribution >= 4 is 44.0 Å². The lowest BCUT2D eigenvalue weighted by molar-refractivity contribution is 0.425. The van der Waals surface area contributed by atoms with E-state index >= 15 is 0 Å². The van der Waals surface area contributed by atoms with Crippen LogP contribution in [0, 0.1) is 0 Å². The lowest BCUT2D eigenvalue weighted by atomic mass is 10.1. The van der Waals surface area contributed by atoms with Crippen LogP contribution in [0.4, 0.5) is 5.82 Å². The van der Waals surface area contributed by atoms with E-state index in [9.17, 15) is 0 Å². The molecule has 0 fully saturated rings. The maximum Gasteiger partial charge on any atom is 0.166 e. The van der Waals surface area contributed by atoms with Crippen molar-refractivity contribution in [3.05, 3.63) is 35.2 Å². The quantitative estimate of drug-likeness (QED) is 0.242. The molecule has 6 N–H and O–H groups in total. The van der Waals surface area contributed by atoms with Crippen molar-refractivity contribution in [2.24, 2.45) is 16.8 Å². The Balaban J connectivity index is 2.08. The van der Waals surface area contributed by atoms with Crippen LogP contribution in [0.15, 0.2) is 34.7 Å². The number of benzene rings is 1. The highest BCUT2D eigenvalue weighted by molar-refractivity contribution is 7.18. The van der Waals surface area contributed by atoms with Gasteiger partial charge in [-0.05, 0) is 31.6 Å². The first kappa shape index (κ1) is 16.4. The number of nitrogens with two attached hydrogens (primary N) is 2. The molecule has 0 aliphatic carbocycles. The maximum atomic E-state index is 5.46. The van der Waals surface area contributed by atoms with E-state index in [1.165, 1.54) is 4.70 Å². The van der Waals surface area contributed by atoms with Gasteiger partial charge in [-0.25, -0.2) is 10.8 Å². The SMILES string of the molecule is CN(C)CCNc1nc2cc(/C(=N/N)NN)ccc2c2sccc12. The molecule has 126 valence electrons. The Kier molecular flexibility index (Phi) is 4.79. The van der Waals surface area contributed by atoms with Crippen molar-refractivity contribution in [3.63, 3.8) is 0 Å². The minimum atomic E-state index is 0.423. The highest BCUT2D eigenvalue weighted by Gasteiger charge is 2.11. The van der Waals surface area contributed by atoms with Gasteiger partial charge in [0, 0.05) is 34.1 Å². The summed E-state index contributed by atoms with van der Waals surface area (Å²) in [5.41, 5.74) is 4.19. The number of amidine groups is 1. The molecule has 3 rings (SSSR count). The molecule has 0 spiro atoms. The Morgan fingerprint density at radius 3 is 2.83 bits per heavy atom. The molecule has 7 nitrogen and oxygen atoms in total. The third-order valence-corrected chi connectivity index (χ3v) is 4.73. The topological polar surface area (TPSA) is 105 Å². The lowest BCUT2D eigenvalue weighted by Gasteiger charge is -2.13. The molecule has 3 aromatic rings. The number of nitrogens with zero attached hydrogens (tertiary/aromatic N) is 3. The minimum absolute atomic E-state index is 0.423. The first-order valence-electron chi connectivity index (χ1n) is 7.58. The van der Waals surface area contributed by atoms with Crippen molar-refractivity contribution in [2.45, 2.75) is 0 Å². The second-order valence-corrected chi connectivity index (χ2v) is 6.62. The number of hydrazine groups is 1. The van der Waals surface area contributed by atoms with E-state index in [0.717, 1.165) is 40.8 Å². The van der Waals surface area contributed by atoms with E-state index in [2.05, 4.69) is 46.3 Å². The van der Waals surface area contributed by atoms with Crippen molar-refractivity contribution in [1.29, 1.82) is 0 Å². The molecule has 0 saturated heterocycles. The van der Waals surface area contributed by atoms with Gasteiger partial charge in [0.25, 0.3) is 0 Å². The highest BCUT2D eigenvalue weighted by atomic mass is 32.1. The molecule has 1 aromatic carbocycles. The fraction of sp³-hybridized carbons (Fsp3) is 0.250. The number of likely N-dealkylation sites (N-methyl/N-ethyl adjacent to an activating group) is 1. The van der Waals surface area contributed by atoms with E-state index in [0.29, 0.717) is 5.84 Å². The van der Waals surface area contributed by atoms with Crippen molar-refractivity contribution in [1.82, 2.24) is 15.3 Å². The van der Waals surface area contributed by atoms with E-state index in [-0.39, 0.29) is 0 Å². The largest absolute Gasteiger partial charge is 0.368 e. The van der Waals surface area contributed by atoms with Gasteiger partial charge >= 0.3 is 0 Å². The van der Waals surface area contributed by atoms with Gasteiger partial charge in [-0.1, -0.05) is 12.1 Å². The van der Waals surface area contributed by atoms with E-state index in [4.69, 9.17) is 16.7 Å². The number of aromatic nitrogens is 1. The number of nitrogens with one attached hydrogen (secondary N) is 2. The molecule has 0 radical (unpaired) electrons. The third-order valence-electron chi connectivity index (χ3n) is 3.79. The van der Waals surface area contributed by atoms with Crippen molar-refractivity contribution < 1.29 is 0 Å². The predicted molar refractivity (Wildman–Crippen MR) is 102 cm³/mol. The molecule has 0 bridgehead atoms. The first-order chi connectivity index (χ1) is 11.6. The average Bonchev–Trinajstić information content (AvgIpc) is 3.05. The summed E-state index contributed by atoms with van der Waals surface area (Å²) in [4.78, 5) is 6.93. The summed E-state index contributed by atoms with van der Waals surface area (Å²) < 4.78 is 1.21. The number of hydrazone groups is 1. The third kappa shape index (κ3) is 3.12. The Hall–Kier alpha value is -2.42. The zero-order valence-electron chi connectivity index (χ0n) is 13.7. The van der Waals surface area contributed by atoms with Gasteiger partial charge in [0.2, 0.25) is 0 Å². The molecule has 2 aromatic heterocycles. The van der Waals surface area contributed by atoms with Crippen molar-refractivity contribution in [2.75, 3.05) is 32.5 Å². The second-order valence-electron chi connectivity index (χ2n) is 5.71. The van der Waals surface area contributed by atoms with Gasteiger partial charge in [0.05, 0.1) is 5.52 Å². The Morgan fingerprint density at radius 2 is 2.12 bits per heavy atom. The number of pyridine rings is 1. The Morgan fingerprint density at radius 1 is 1.29 bits per heavy atom. The first-order valence-corrected chi connectivity index (χ1v) is 8.46. The zero-order chi connectivity index (χ0) is 17.1. The highest BCUT2D eigenvalue weighted by Crippen LogP contribution is 2.33. The molecule has 8 heteroatoms. The zero-order valence-corrected chi connectivity index (χ0v) is 14.5. The van der Waals surface area contributed by atoms with E-state index in [1.54, 1.807) is 11.3 Å². The molecular weight excluding hydrogens is 322 g/mol. The number of anilines is 1. The molecule has 0 amide bonds. The fourth-order valence-corrected chi connectivity index (χ4v) is 3.51. The summed E-state index contributed by atoms with van der Waals surface area (Å²) in [6, 6.07) is 8.01. The number of rotatable bonds is 5. The van der Waals surface area contributed by atoms with Crippen LogP contribution in [0.5, 0.6) is 0 Å². The van der Waals surface area contributed by atoms with Gasteiger partial charge in [-0.3, -0.25) is 0 Å². The Bertz CT molecular complexity index is 885. The van der Waals surface area contributed by atoms with Crippen LogP contribution >= 0.6 is 11.3 Å². The Labute approximate surface area is 144 Å². The summed E-state index contributed by atoms with van der Waals surface area (Å²) in [5.74, 6) is 12.1. The molecular formula is C16H21N7S. The molecule has 0 atom stereocenters. The molecule has 24 heavy (non-hydrogen) atoms. The average molecular weight is 343 g/mol. The van der Waals surface area contributed by atoms with Gasteiger partial charge < -0.3 is 21.5 Å². The normalized spacial score (nSPS) is 12.2. The van der Waals surface area contributed by atoms with Crippen LogP contribution in [0.1, 0.15) is 5.56 Å². The van der Waals surface area contributed by atoms with Crippen LogP contribution in [0.25, 0.3) is 21.0 Å². The molecule has 0 aliphatic rings. The maximum absolute atomic E-state index is 5.46. The second kappa shape index (κ2) is 7.00. The number of hydrogen-bond donors (Lipinski definition) is 4. The van der Waals surface area contributed by atoms with Crippen LogP contribution in [-0.2, 0) is 0 Å². The summed E-state index contributed by atoms with van der Waals surface area (Å²) >= 11 is 1.71. The van der Waals surface area contributed by atoms with Gasteiger partial charge in [0.1, 0.15) is 5.82 Å². The minimum Gasteiger partial charge on any atom is -0.368 e. The van der Waals surface area contributed by atoms with Crippen LogP contribution in [-0.4, -0.2) is 42.9 Å². The van der Waals surface area contributed by atoms with Gasteiger partial charge in [-0.15, -0.1) is 11.3 Å². The van der Waals surface area contributed by atoms with E-state index < -0.39 is 0 Å². The standard InChI is InChI=1S/C16H21N7S/c1-23(2)7-6-19-16-12-5-8-24-14(12)11-4-3-10(9-13(11)20-16)15(21-17)22-18/h3-5,8-9H,6-7,17-18H2,1-2H3,(H,19,20)(H,21,22). The number of hydrogen-bond acceptors (Lipinski definition) is 7. The van der Waals surface area contributed by atoms with Crippen LogP contribution in [0.2, 0.25) is 0 Å². The predicted octanol–water partition coefficient (Wildman–Crippen LogP) is 1.51.